The van der Waals surface area contributed by atoms with E-state index in [1.54, 1.807) is 18.3 Å². The van der Waals surface area contributed by atoms with Gasteiger partial charge in [-0.05, 0) is 73.1 Å². The van der Waals surface area contributed by atoms with Gasteiger partial charge in [-0.1, -0.05) is 48.5 Å². The first kappa shape index (κ1) is 26.9. The van der Waals surface area contributed by atoms with E-state index in [2.05, 4.69) is 34.1 Å². The number of carbonyl (C=O) groups is 1. The number of aldehydes is 1. The van der Waals surface area contributed by atoms with E-state index in [1.807, 2.05) is 72.3 Å². The molecule has 0 aliphatic heterocycles. The van der Waals surface area contributed by atoms with Gasteiger partial charge < -0.3 is 15.7 Å². The molecule has 0 aliphatic rings. The Hall–Kier alpha value is -5.34. The van der Waals surface area contributed by atoms with Crippen LogP contribution in [0.15, 0.2) is 103 Å². The van der Waals surface area contributed by atoms with E-state index in [1.165, 1.54) is 5.56 Å². The summed E-state index contributed by atoms with van der Waals surface area (Å²) in [5, 5.41) is 9.99. The first-order chi connectivity index (χ1) is 20.5. The van der Waals surface area contributed by atoms with Gasteiger partial charge in [-0.2, -0.15) is 0 Å². The zero-order valence-electron chi connectivity index (χ0n) is 23.2. The van der Waals surface area contributed by atoms with E-state index < -0.39 is 0 Å². The molecule has 0 atom stereocenters. The van der Waals surface area contributed by atoms with Gasteiger partial charge in [0.25, 0.3) is 0 Å². The monoisotopic (exact) mass is 554 g/mol. The van der Waals surface area contributed by atoms with Crippen LogP contribution in [0.1, 0.15) is 21.5 Å². The molecule has 8 nitrogen and oxygen atoms in total. The SMILES string of the molecule is CN(CCc1ccc(-n2c(-c3cccnc3N)nc3ccc(-c4ccccc4)nc32)cc1)Cc1ccc(C=O)c(O)c1. The second kappa shape index (κ2) is 11.6. The highest BCUT2D eigenvalue weighted by Gasteiger charge is 2.19. The fourth-order valence-corrected chi connectivity index (χ4v) is 5.07. The first-order valence-electron chi connectivity index (χ1n) is 13.7. The van der Waals surface area contributed by atoms with Crippen molar-refractivity contribution in [2.24, 2.45) is 0 Å². The summed E-state index contributed by atoms with van der Waals surface area (Å²) in [4.78, 5) is 27.4. The Morgan fingerprint density at radius 1 is 0.905 bits per heavy atom. The maximum atomic E-state index is 11.0. The largest absolute Gasteiger partial charge is 0.507 e. The van der Waals surface area contributed by atoms with Gasteiger partial charge >= 0.3 is 0 Å². The number of nitrogens with zero attached hydrogens (tertiary/aromatic N) is 5. The first-order valence-corrected chi connectivity index (χ1v) is 13.7. The molecule has 0 spiro atoms. The number of fused-ring (bicyclic) bond motifs is 1. The molecule has 6 aromatic rings. The summed E-state index contributed by atoms with van der Waals surface area (Å²) in [5.41, 5.74) is 13.8. The predicted octanol–water partition coefficient (Wildman–Crippen LogP) is 5.92. The maximum Gasteiger partial charge on any atom is 0.165 e. The molecular formula is C34H30N6O2. The molecule has 0 radical (unpaired) electrons. The Labute approximate surface area is 243 Å². The van der Waals surface area contributed by atoms with Crippen LogP contribution in [0.4, 0.5) is 5.82 Å². The van der Waals surface area contributed by atoms with Crippen molar-refractivity contribution >= 4 is 23.3 Å². The van der Waals surface area contributed by atoms with Crippen molar-refractivity contribution < 1.29 is 9.90 Å². The summed E-state index contributed by atoms with van der Waals surface area (Å²) < 4.78 is 2.04. The normalized spacial score (nSPS) is 11.3. The van der Waals surface area contributed by atoms with Gasteiger partial charge in [0.1, 0.15) is 17.1 Å². The Balaban J connectivity index is 1.29. The molecule has 0 saturated heterocycles. The Bertz CT molecular complexity index is 1870. The van der Waals surface area contributed by atoms with Gasteiger partial charge in [-0.15, -0.1) is 0 Å². The van der Waals surface area contributed by atoms with Crippen molar-refractivity contribution in [2.75, 3.05) is 19.3 Å². The van der Waals surface area contributed by atoms with Gasteiger partial charge in [0.15, 0.2) is 17.8 Å². The molecule has 42 heavy (non-hydrogen) atoms. The van der Waals surface area contributed by atoms with Gasteiger partial charge in [-0.3, -0.25) is 9.36 Å². The average Bonchev–Trinajstić information content (AvgIpc) is 3.39. The topological polar surface area (TPSA) is 110 Å². The number of rotatable bonds is 9. The molecule has 0 fully saturated rings. The van der Waals surface area contributed by atoms with Crippen LogP contribution in [0.3, 0.4) is 0 Å². The molecule has 0 bridgehead atoms. The fourth-order valence-electron chi connectivity index (χ4n) is 5.07. The van der Waals surface area contributed by atoms with E-state index in [-0.39, 0.29) is 5.75 Å². The van der Waals surface area contributed by atoms with Crippen molar-refractivity contribution in [1.82, 2.24) is 24.4 Å². The molecule has 3 aromatic heterocycles. The lowest BCUT2D eigenvalue weighted by Crippen LogP contribution is -2.20. The highest BCUT2D eigenvalue weighted by Crippen LogP contribution is 2.32. The van der Waals surface area contributed by atoms with Crippen LogP contribution < -0.4 is 5.73 Å². The number of aromatic hydroxyl groups is 1. The van der Waals surface area contributed by atoms with Crippen molar-refractivity contribution in [3.05, 3.63) is 120 Å². The zero-order valence-corrected chi connectivity index (χ0v) is 23.2. The van der Waals surface area contributed by atoms with E-state index >= 15 is 0 Å². The van der Waals surface area contributed by atoms with E-state index in [4.69, 9.17) is 15.7 Å². The number of nitrogen functional groups attached to an aromatic ring is 1. The van der Waals surface area contributed by atoms with Crippen LogP contribution in [0.2, 0.25) is 0 Å². The third-order valence-electron chi connectivity index (χ3n) is 7.30. The number of hydrogen-bond acceptors (Lipinski definition) is 7. The van der Waals surface area contributed by atoms with Crippen LogP contribution in [-0.2, 0) is 13.0 Å². The lowest BCUT2D eigenvalue weighted by Gasteiger charge is -2.17. The second-order valence-electron chi connectivity index (χ2n) is 10.3. The number of hydrogen-bond donors (Lipinski definition) is 2. The minimum atomic E-state index is 0.0105. The van der Waals surface area contributed by atoms with Crippen molar-refractivity contribution in [3.8, 4) is 34.1 Å². The number of phenols is 1. The lowest BCUT2D eigenvalue weighted by atomic mass is 10.1. The molecule has 0 unspecified atom stereocenters. The molecule has 3 N–H and O–H groups in total. The van der Waals surface area contributed by atoms with Crippen LogP contribution >= 0.6 is 0 Å². The molecule has 0 aliphatic carbocycles. The predicted molar refractivity (Wildman–Crippen MR) is 165 cm³/mol. The molecule has 0 saturated carbocycles. The minimum absolute atomic E-state index is 0.0105. The average molecular weight is 555 g/mol. The van der Waals surface area contributed by atoms with Gasteiger partial charge in [-0.25, -0.2) is 15.0 Å². The number of nitrogens with two attached hydrogens (primary N) is 1. The van der Waals surface area contributed by atoms with Gasteiger partial charge in [0, 0.05) is 30.5 Å². The zero-order chi connectivity index (χ0) is 29.1. The number of imidazole rings is 1. The molecule has 0 amide bonds. The Morgan fingerprint density at radius 2 is 1.69 bits per heavy atom. The Morgan fingerprint density at radius 3 is 2.43 bits per heavy atom. The van der Waals surface area contributed by atoms with Crippen LogP contribution in [0.25, 0.3) is 39.5 Å². The molecule has 208 valence electrons. The Kier molecular flexibility index (Phi) is 7.45. The molecule has 8 heteroatoms. The summed E-state index contributed by atoms with van der Waals surface area (Å²) in [6.07, 6.45) is 3.18. The van der Waals surface area contributed by atoms with E-state index in [0.717, 1.165) is 52.2 Å². The fraction of sp³-hybridized carbons (Fsp3) is 0.118. The minimum Gasteiger partial charge on any atom is -0.507 e. The summed E-state index contributed by atoms with van der Waals surface area (Å²) in [7, 11) is 2.04. The number of pyridine rings is 2. The number of likely N-dealkylation sites (N-methyl/N-ethyl adjacent to an activating group) is 1. The number of aromatic nitrogens is 4. The lowest BCUT2D eigenvalue weighted by molar-refractivity contribution is 0.112. The standard InChI is InChI=1S/C34H30N6O2/c1-39(21-24-9-12-26(22-41)31(42)20-24)19-17-23-10-13-27(14-11-23)40-33(28-8-5-18-36-32(28)35)38-30-16-15-29(37-34(30)40)25-6-3-2-4-7-25/h2-16,18,20,22,42H,17,19,21H2,1H3,(H2,35,36). The molecule has 3 heterocycles. The molecule has 3 aromatic carbocycles. The maximum absolute atomic E-state index is 11.0. The third-order valence-corrected chi connectivity index (χ3v) is 7.30. The summed E-state index contributed by atoms with van der Waals surface area (Å²) in [6, 6.07) is 31.4. The quantitative estimate of drug-likeness (QED) is 0.213. The number of phenolic OH excluding ortho intramolecular Hbond substituents is 1. The van der Waals surface area contributed by atoms with Crippen LogP contribution in [0, 0.1) is 0 Å². The van der Waals surface area contributed by atoms with Crippen molar-refractivity contribution in [1.29, 1.82) is 0 Å². The van der Waals surface area contributed by atoms with E-state index in [9.17, 15) is 9.90 Å². The highest BCUT2D eigenvalue weighted by atomic mass is 16.3. The second-order valence-corrected chi connectivity index (χ2v) is 10.3. The van der Waals surface area contributed by atoms with Gasteiger partial charge in [0.05, 0.1) is 16.8 Å². The number of anilines is 1. The number of carbonyl (C=O) groups excluding carboxylic acids is 1. The van der Waals surface area contributed by atoms with E-state index in [0.29, 0.717) is 30.0 Å². The number of benzene rings is 3. The summed E-state index contributed by atoms with van der Waals surface area (Å²) in [5.74, 6) is 1.10. The van der Waals surface area contributed by atoms with Crippen molar-refractivity contribution in [2.45, 2.75) is 13.0 Å². The summed E-state index contributed by atoms with van der Waals surface area (Å²) in [6.45, 7) is 1.49. The highest BCUT2D eigenvalue weighted by molar-refractivity contribution is 5.84. The summed E-state index contributed by atoms with van der Waals surface area (Å²) >= 11 is 0. The smallest absolute Gasteiger partial charge is 0.165 e. The van der Waals surface area contributed by atoms with Crippen molar-refractivity contribution in [3.63, 3.8) is 0 Å². The third kappa shape index (κ3) is 5.48. The van der Waals surface area contributed by atoms with Gasteiger partial charge in [0.2, 0.25) is 0 Å². The van der Waals surface area contributed by atoms with Crippen LogP contribution in [-0.4, -0.2) is 49.4 Å². The van der Waals surface area contributed by atoms with Crippen LogP contribution in [0.5, 0.6) is 5.75 Å². The molecule has 6 rings (SSSR count). The molecular weight excluding hydrogens is 524 g/mol.